The van der Waals surface area contributed by atoms with E-state index in [1.54, 1.807) is 37.5 Å². The van der Waals surface area contributed by atoms with E-state index in [0.717, 1.165) is 42.5 Å². The Balaban J connectivity index is 1.57. The number of rotatable bonds is 19. The van der Waals surface area contributed by atoms with Crippen LogP contribution >= 0.6 is 0 Å². The third-order valence-electron chi connectivity index (χ3n) is 10.9. The average Bonchev–Trinajstić information content (AvgIpc) is 3.65. The zero-order valence-corrected chi connectivity index (χ0v) is 31.0. The summed E-state index contributed by atoms with van der Waals surface area (Å²) in [6.07, 6.45) is 11.6. The molecule has 2 aromatic carbocycles. The molecule has 53 heavy (non-hydrogen) atoms. The summed E-state index contributed by atoms with van der Waals surface area (Å²) in [4.78, 5) is 22.2. The highest BCUT2D eigenvalue weighted by Gasteiger charge is 2.65. The lowest BCUT2D eigenvalue weighted by Crippen LogP contribution is -2.70. The van der Waals surface area contributed by atoms with Gasteiger partial charge in [-0.15, -0.1) is 6.58 Å². The molecule has 2 N–H and O–H groups in total. The molecule has 0 spiro atoms. The number of unbranched alkanes of at least 4 members (excludes halogenated alkanes) is 2. The topological polar surface area (TPSA) is 129 Å². The van der Waals surface area contributed by atoms with E-state index in [-0.39, 0.29) is 50.3 Å². The van der Waals surface area contributed by atoms with Gasteiger partial charge in [0.25, 0.3) is 5.91 Å². The van der Waals surface area contributed by atoms with Crippen molar-refractivity contribution in [2.45, 2.75) is 76.0 Å². The Morgan fingerprint density at radius 2 is 1.75 bits per heavy atom. The molecule has 1 amide bonds. The molecular weight excluding hydrogens is 676 g/mol. The highest BCUT2D eigenvalue weighted by molar-refractivity contribution is 6.03. The molecule has 1 saturated carbocycles. The predicted molar refractivity (Wildman–Crippen MR) is 202 cm³/mol. The molecule has 2 aliphatic carbocycles. The molecule has 2 aliphatic heterocycles. The zero-order valence-electron chi connectivity index (χ0n) is 31.0. The summed E-state index contributed by atoms with van der Waals surface area (Å²) in [6.45, 7) is 11.2. The van der Waals surface area contributed by atoms with Crippen LogP contribution in [0.5, 0.6) is 23.0 Å². The van der Waals surface area contributed by atoms with Crippen LogP contribution in [0, 0.1) is 17.8 Å². The highest BCUT2D eigenvalue weighted by atomic mass is 16.7. The van der Waals surface area contributed by atoms with Crippen molar-refractivity contribution in [3.05, 3.63) is 84.5 Å². The van der Waals surface area contributed by atoms with E-state index in [1.165, 1.54) is 0 Å². The molecule has 2 heterocycles. The number of allylic oxidation sites excluding steroid dienone is 1. The first-order valence-corrected chi connectivity index (χ1v) is 19.0. The van der Waals surface area contributed by atoms with E-state index in [2.05, 4.69) is 37.4 Å². The second-order valence-electron chi connectivity index (χ2n) is 14.1. The van der Waals surface area contributed by atoms with Crippen LogP contribution in [0.4, 0.5) is 0 Å². The van der Waals surface area contributed by atoms with E-state index >= 15 is 0 Å². The average molecular weight is 731 g/mol. The monoisotopic (exact) mass is 730 g/mol. The Kier molecular flexibility index (Phi) is 12.8. The lowest BCUT2D eigenvalue weighted by Gasteiger charge is -2.60. The van der Waals surface area contributed by atoms with Gasteiger partial charge in [-0.25, -0.2) is 0 Å². The summed E-state index contributed by atoms with van der Waals surface area (Å²) in [5.41, 5.74) is 3.21. The Labute approximate surface area is 312 Å². The first-order chi connectivity index (χ1) is 25.9. The van der Waals surface area contributed by atoms with Crippen LogP contribution in [0.2, 0.25) is 0 Å². The van der Waals surface area contributed by atoms with Gasteiger partial charge in [-0.05, 0) is 85.9 Å². The van der Waals surface area contributed by atoms with Gasteiger partial charge in [0.2, 0.25) is 12.6 Å². The molecule has 0 radical (unpaired) electrons. The van der Waals surface area contributed by atoms with Crippen LogP contribution < -0.4 is 18.9 Å². The predicted octanol–water partition coefficient (Wildman–Crippen LogP) is 6.80. The smallest absolute Gasteiger partial charge is 0.254 e. The van der Waals surface area contributed by atoms with Crippen molar-refractivity contribution in [3.63, 3.8) is 0 Å². The number of hydrogen-bond acceptors (Lipinski definition) is 10. The van der Waals surface area contributed by atoms with Crippen LogP contribution in [0.1, 0.15) is 80.1 Å². The van der Waals surface area contributed by atoms with Gasteiger partial charge in [0.05, 0.1) is 18.2 Å². The molecule has 0 bridgehead atoms. The van der Waals surface area contributed by atoms with Gasteiger partial charge in [-0.2, -0.15) is 0 Å². The summed E-state index contributed by atoms with van der Waals surface area (Å²) < 4.78 is 31.6. The molecule has 1 fully saturated rings. The number of aliphatic hydroxyl groups is 2. The first-order valence-electron chi connectivity index (χ1n) is 19.0. The van der Waals surface area contributed by atoms with E-state index in [9.17, 15) is 15.0 Å². The number of ether oxygens (including phenoxy) is 5. The Morgan fingerprint density at radius 3 is 2.49 bits per heavy atom. The molecule has 6 unspecified atom stereocenters. The molecule has 0 aromatic heterocycles. The number of benzene rings is 2. The molecular formula is C42H54N2O9. The van der Waals surface area contributed by atoms with Crippen molar-refractivity contribution in [1.29, 1.82) is 0 Å². The van der Waals surface area contributed by atoms with Crippen LogP contribution in [0.15, 0.2) is 78.5 Å². The summed E-state index contributed by atoms with van der Waals surface area (Å²) >= 11 is 0. The number of fused-ring (bicyclic) bond motifs is 3. The van der Waals surface area contributed by atoms with Gasteiger partial charge in [0.1, 0.15) is 31.3 Å². The fourth-order valence-electron chi connectivity index (χ4n) is 8.84. The van der Waals surface area contributed by atoms with Gasteiger partial charge in [-0.3, -0.25) is 4.79 Å². The molecule has 2 aromatic rings. The maximum Gasteiger partial charge on any atom is 0.254 e. The molecule has 4 aliphatic rings. The summed E-state index contributed by atoms with van der Waals surface area (Å²) in [7, 11) is 1.55. The maximum absolute atomic E-state index is 14.8. The number of aliphatic hydroxyl groups excluding tert-OH is 2. The SMILES string of the molecule is C=CCOc1ccc2c(c1)C1C(CCCCO)C(CCCCO)C=C3C(=NOC)CC(N(CCC)C(=O)c4ccc5c(c4)OCO5)C(OCC=C)(O2)C31. The van der Waals surface area contributed by atoms with Crippen LogP contribution in [-0.4, -0.2) is 85.4 Å². The van der Waals surface area contributed by atoms with E-state index in [1.807, 2.05) is 17.0 Å². The van der Waals surface area contributed by atoms with Crippen molar-refractivity contribution < 1.29 is 43.5 Å². The van der Waals surface area contributed by atoms with Crippen molar-refractivity contribution >= 4 is 11.6 Å². The van der Waals surface area contributed by atoms with Crippen LogP contribution in [-0.2, 0) is 9.57 Å². The van der Waals surface area contributed by atoms with Gasteiger partial charge >= 0.3 is 0 Å². The largest absolute Gasteiger partial charge is 0.490 e. The zero-order chi connectivity index (χ0) is 37.4. The van der Waals surface area contributed by atoms with Crippen LogP contribution in [0.25, 0.3) is 0 Å². The highest BCUT2D eigenvalue weighted by Crippen LogP contribution is 2.62. The van der Waals surface area contributed by atoms with Gasteiger partial charge in [0.15, 0.2) is 11.5 Å². The standard InChI is InChI=1S/C42H54N2O9/c1-5-18-44(41(47)29-14-16-36-37(24-29)51-27-50-36)38-26-34(43-48-4)32-23-28(12-8-10-19-45)31(13-9-11-20-46)39-33-25-30(49-21-6-2)15-17-35(33)53-42(38,40(32)39)52-22-7-3/h6-7,14-17,23-25,28,31,38-40,45-46H,2-3,5,8-13,18-22,26-27H2,1,4H3. The normalized spacial score (nSPS) is 25.8. The fourth-order valence-corrected chi connectivity index (χ4v) is 8.84. The minimum absolute atomic E-state index is 0.107. The summed E-state index contributed by atoms with van der Waals surface area (Å²) in [5, 5.41) is 24.2. The lowest BCUT2D eigenvalue weighted by atomic mass is 9.55. The molecule has 6 rings (SSSR count). The van der Waals surface area contributed by atoms with Crippen LogP contribution in [0.3, 0.4) is 0 Å². The Morgan fingerprint density at radius 1 is 1.00 bits per heavy atom. The molecule has 286 valence electrons. The van der Waals surface area contributed by atoms with Crippen molar-refractivity contribution in [2.24, 2.45) is 22.9 Å². The second kappa shape index (κ2) is 17.7. The lowest BCUT2D eigenvalue weighted by molar-refractivity contribution is -0.254. The molecule has 11 nitrogen and oxygen atoms in total. The van der Waals surface area contributed by atoms with Gasteiger partial charge in [-0.1, -0.05) is 49.7 Å². The fraction of sp³-hybridized carbons (Fsp3) is 0.524. The minimum atomic E-state index is -1.33. The maximum atomic E-state index is 14.8. The Bertz CT molecular complexity index is 1670. The number of nitrogens with zero attached hydrogens (tertiary/aromatic N) is 2. The van der Waals surface area contributed by atoms with E-state index in [4.69, 9.17) is 28.5 Å². The van der Waals surface area contributed by atoms with E-state index in [0.29, 0.717) is 67.4 Å². The number of carbonyl (C=O) groups is 1. The van der Waals surface area contributed by atoms with Crippen molar-refractivity contribution in [3.8, 4) is 23.0 Å². The third-order valence-corrected chi connectivity index (χ3v) is 10.9. The Hall–Kier alpha value is -4.32. The van der Waals surface area contributed by atoms with E-state index < -0.39 is 17.7 Å². The quantitative estimate of drug-likeness (QED) is 0.0912. The molecule has 6 atom stereocenters. The number of amides is 1. The molecule has 11 heteroatoms. The second-order valence-corrected chi connectivity index (χ2v) is 14.1. The number of carbonyl (C=O) groups excluding carboxylic acids is 1. The van der Waals surface area contributed by atoms with Gasteiger partial charge < -0.3 is 43.6 Å². The molecule has 0 saturated heterocycles. The van der Waals surface area contributed by atoms with Gasteiger partial charge in [0, 0.05) is 43.2 Å². The summed E-state index contributed by atoms with van der Waals surface area (Å²) in [5.74, 6) is 0.719. The van der Waals surface area contributed by atoms with Crippen molar-refractivity contribution in [1.82, 2.24) is 4.90 Å². The third kappa shape index (κ3) is 7.70. The summed E-state index contributed by atoms with van der Waals surface area (Å²) in [6, 6.07) is 10.6. The number of hydrogen-bond donors (Lipinski definition) is 2. The number of oxime groups is 1. The minimum Gasteiger partial charge on any atom is -0.490 e. The van der Waals surface area contributed by atoms with Crippen molar-refractivity contribution in [2.75, 3.05) is 46.9 Å². The first kappa shape index (κ1) is 38.4.